The zero-order chi connectivity index (χ0) is 19.0. The largest absolute Gasteiger partial charge is 0.329 e. The predicted octanol–water partition coefficient (Wildman–Crippen LogP) is 3.79. The number of rotatable bonds is 4. The Morgan fingerprint density at radius 3 is 2.31 bits per heavy atom. The van der Waals surface area contributed by atoms with E-state index in [1.165, 1.54) is 17.2 Å². The molecule has 0 saturated carbocycles. The van der Waals surface area contributed by atoms with E-state index in [1.807, 2.05) is 19.9 Å². The number of nitrogens with zero attached hydrogens (tertiary/aromatic N) is 2. The molecular weight excluding hydrogens is 326 g/mol. The number of hydrogen-bond acceptors (Lipinski definition) is 2. The average Bonchev–Trinajstić information content (AvgIpc) is 2.97. The van der Waals surface area contributed by atoms with E-state index in [0.29, 0.717) is 0 Å². The summed E-state index contributed by atoms with van der Waals surface area (Å²) >= 11 is 0. The highest BCUT2D eigenvalue weighted by Crippen LogP contribution is 2.25. The van der Waals surface area contributed by atoms with Crippen LogP contribution in [0.15, 0.2) is 42.6 Å². The van der Waals surface area contributed by atoms with Crippen LogP contribution in [0.25, 0.3) is 11.8 Å². The Labute approximate surface area is 153 Å². The molecule has 1 fully saturated rings. The SMILES string of the molecule is C=CCN1C(=O)NC(=Cc2cc(C)n(-c3cc(C)cc(C)c3)c2C)C1=O. The van der Waals surface area contributed by atoms with E-state index in [0.717, 1.165) is 27.5 Å². The van der Waals surface area contributed by atoms with Gasteiger partial charge in [0.15, 0.2) is 0 Å². The standard InChI is InChI=1S/C21H23N3O2/c1-6-7-23-20(25)19(22-21(23)26)12-17-11-15(4)24(16(17)5)18-9-13(2)8-14(3)10-18/h6,8-12H,1,7H2,2-5H3,(H,22,26). The van der Waals surface area contributed by atoms with Crippen molar-refractivity contribution in [2.75, 3.05) is 6.54 Å². The fourth-order valence-corrected chi connectivity index (χ4v) is 3.43. The van der Waals surface area contributed by atoms with Crippen molar-refractivity contribution >= 4 is 18.0 Å². The summed E-state index contributed by atoms with van der Waals surface area (Å²) in [6, 6.07) is 8.03. The quantitative estimate of drug-likeness (QED) is 0.519. The smallest absolute Gasteiger partial charge is 0.318 e. The number of amides is 3. The lowest BCUT2D eigenvalue weighted by molar-refractivity contribution is -0.122. The zero-order valence-electron chi connectivity index (χ0n) is 15.6. The number of aryl methyl sites for hydroxylation is 3. The van der Waals surface area contributed by atoms with Crippen molar-refractivity contribution in [1.29, 1.82) is 0 Å². The summed E-state index contributed by atoms with van der Waals surface area (Å²) in [7, 11) is 0. The van der Waals surface area contributed by atoms with Crippen LogP contribution in [0.5, 0.6) is 0 Å². The summed E-state index contributed by atoms with van der Waals surface area (Å²) in [4.78, 5) is 25.5. The molecule has 0 atom stereocenters. The Balaban J connectivity index is 2.02. The second-order valence-electron chi connectivity index (χ2n) is 6.70. The molecule has 0 aliphatic carbocycles. The first-order chi connectivity index (χ1) is 12.3. The number of imide groups is 1. The molecule has 5 heteroatoms. The third kappa shape index (κ3) is 3.08. The van der Waals surface area contributed by atoms with E-state index in [9.17, 15) is 9.59 Å². The van der Waals surface area contributed by atoms with Gasteiger partial charge in [0.2, 0.25) is 0 Å². The van der Waals surface area contributed by atoms with Crippen LogP contribution in [0.1, 0.15) is 28.1 Å². The van der Waals surface area contributed by atoms with Crippen LogP contribution in [0.4, 0.5) is 4.79 Å². The van der Waals surface area contributed by atoms with Gasteiger partial charge in [-0.3, -0.25) is 9.69 Å². The second-order valence-corrected chi connectivity index (χ2v) is 6.70. The number of benzene rings is 1. The predicted molar refractivity (Wildman–Crippen MR) is 103 cm³/mol. The van der Waals surface area contributed by atoms with Crippen LogP contribution < -0.4 is 5.32 Å². The molecular formula is C21H23N3O2. The Bertz CT molecular complexity index is 930. The molecule has 1 aliphatic rings. The van der Waals surface area contributed by atoms with Crippen LogP contribution in [-0.2, 0) is 4.79 Å². The third-order valence-electron chi connectivity index (χ3n) is 4.51. The van der Waals surface area contributed by atoms with Gasteiger partial charge in [0.05, 0.1) is 0 Å². The van der Waals surface area contributed by atoms with Crippen LogP contribution in [0, 0.1) is 27.7 Å². The van der Waals surface area contributed by atoms with Gasteiger partial charge in [0.1, 0.15) is 5.70 Å². The summed E-state index contributed by atoms with van der Waals surface area (Å²) in [5.74, 6) is -0.328. The third-order valence-corrected chi connectivity index (χ3v) is 4.51. The van der Waals surface area contributed by atoms with Gasteiger partial charge in [0.25, 0.3) is 5.91 Å². The number of nitrogens with one attached hydrogen (secondary N) is 1. The monoisotopic (exact) mass is 349 g/mol. The van der Waals surface area contributed by atoms with E-state index in [-0.39, 0.29) is 18.1 Å². The molecule has 3 rings (SSSR count). The number of hydrogen-bond donors (Lipinski definition) is 1. The van der Waals surface area contributed by atoms with Crippen LogP contribution >= 0.6 is 0 Å². The van der Waals surface area contributed by atoms with Gasteiger partial charge in [-0.15, -0.1) is 6.58 Å². The van der Waals surface area contributed by atoms with Gasteiger partial charge in [-0.05, 0) is 68.7 Å². The number of carbonyl (C=O) groups excluding carboxylic acids is 2. The maximum atomic E-state index is 12.4. The second kappa shape index (κ2) is 6.67. The van der Waals surface area contributed by atoms with Gasteiger partial charge in [0, 0.05) is 23.6 Å². The van der Waals surface area contributed by atoms with E-state index < -0.39 is 6.03 Å². The molecule has 1 aliphatic heterocycles. The summed E-state index contributed by atoms with van der Waals surface area (Å²) in [5, 5.41) is 2.64. The minimum atomic E-state index is -0.413. The first kappa shape index (κ1) is 17.7. The minimum absolute atomic E-state index is 0.198. The molecule has 2 heterocycles. The molecule has 5 nitrogen and oxygen atoms in total. The van der Waals surface area contributed by atoms with Crippen molar-refractivity contribution in [3.05, 3.63) is 70.7 Å². The van der Waals surface area contributed by atoms with Gasteiger partial charge in [-0.2, -0.15) is 0 Å². The highest BCUT2D eigenvalue weighted by Gasteiger charge is 2.32. The lowest BCUT2D eigenvalue weighted by Gasteiger charge is -2.12. The fourth-order valence-electron chi connectivity index (χ4n) is 3.43. The summed E-state index contributed by atoms with van der Waals surface area (Å²) in [6.07, 6.45) is 3.27. The Morgan fingerprint density at radius 2 is 1.69 bits per heavy atom. The number of carbonyl (C=O) groups is 2. The van der Waals surface area contributed by atoms with Crippen LogP contribution in [0.2, 0.25) is 0 Å². The molecule has 134 valence electrons. The van der Waals surface area contributed by atoms with Crippen molar-refractivity contribution in [1.82, 2.24) is 14.8 Å². The first-order valence-corrected chi connectivity index (χ1v) is 8.55. The number of aromatic nitrogens is 1. The van der Waals surface area contributed by atoms with Gasteiger partial charge in [-0.1, -0.05) is 12.1 Å². The van der Waals surface area contributed by atoms with Crippen molar-refractivity contribution < 1.29 is 9.59 Å². The topological polar surface area (TPSA) is 54.3 Å². The molecule has 1 N–H and O–H groups in total. The summed E-state index contributed by atoms with van der Waals surface area (Å²) < 4.78 is 2.16. The fraction of sp³-hybridized carbons (Fsp3) is 0.238. The van der Waals surface area contributed by atoms with Crippen molar-refractivity contribution in [3.8, 4) is 5.69 Å². The normalized spacial score (nSPS) is 15.7. The van der Waals surface area contributed by atoms with Gasteiger partial charge in [-0.25, -0.2) is 4.79 Å². The summed E-state index contributed by atoms with van der Waals surface area (Å²) in [6.45, 7) is 12.0. The maximum Gasteiger partial charge on any atom is 0.329 e. The Kier molecular flexibility index (Phi) is 4.55. The van der Waals surface area contributed by atoms with Crippen LogP contribution in [0.3, 0.4) is 0 Å². The summed E-state index contributed by atoms with van der Waals surface area (Å²) in [5.41, 5.74) is 6.78. The van der Waals surface area contributed by atoms with Gasteiger partial charge < -0.3 is 9.88 Å². The zero-order valence-corrected chi connectivity index (χ0v) is 15.6. The lowest BCUT2D eigenvalue weighted by atomic mass is 10.1. The molecule has 2 aromatic rings. The van der Waals surface area contributed by atoms with E-state index >= 15 is 0 Å². The molecule has 26 heavy (non-hydrogen) atoms. The molecule has 3 amide bonds. The average molecular weight is 349 g/mol. The maximum absolute atomic E-state index is 12.4. The molecule has 0 radical (unpaired) electrons. The Morgan fingerprint density at radius 1 is 1.04 bits per heavy atom. The molecule has 0 bridgehead atoms. The lowest BCUT2D eigenvalue weighted by Crippen LogP contribution is -2.30. The molecule has 1 aromatic heterocycles. The Hall–Kier alpha value is -3.08. The van der Waals surface area contributed by atoms with E-state index in [1.54, 1.807) is 6.08 Å². The molecule has 0 unspecified atom stereocenters. The van der Waals surface area contributed by atoms with Gasteiger partial charge >= 0.3 is 6.03 Å². The minimum Gasteiger partial charge on any atom is -0.318 e. The molecule has 0 spiro atoms. The van der Waals surface area contributed by atoms with Crippen molar-refractivity contribution in [3.63, 3.8) is 0 Å². The van der Waals surface area contributed by atoms with Crippen molar-refractivity contribution in [2.45, 2.75) is 27.7 Å². The highest BCUT2D eigenvalue weighted by molar-refractivity contribution is 6.14. The van der Waals surface area contributed by atoms with Crippen LogP contribution in [-0.4, -0.2) is 28.0 Å². The van der Waals surface area contributed by atoms with E-state index in [4.69, 9.17) is 0 Å². The van der Waals surface area contributed by atoms with E-state index in [2.05, 4.69) is 48.5 Å². The molecule has 1 aromatic carbocycles. The van der Waals surface area contributed by atoms with Crippen molar-refractivity contribution in [2.24, 2.45) is 0 Å². The first-order valence-electron chi connectivity index (χ1n) is 8.55. The highest BCUT2D eigenvalue weighted by atomic mass is 16.2. The number of urea groups is 1. The molecule has 1 saturated heterocycles.